The third kappa shape index (κ3) is 3.78. The number of anilines is 1. The van der Waals surface area contributed by atoms with Crippen LogP contribution in [0.15, 0.2) is 48.2 Å². The van der Waals surface area contributed by atoms with E-state index in [2.05, 4.69) is 0 Å². The van der Waals surface area contributed by atoms with E-state index in [9.17, 15) is 24.8 Å². The second kappa shape index (κ2) is 8.55. The molecule has 2 amide bonds. The lowest BCUT2D eigenvalue weighted by Gasteiger charge is -2.34. The van der Waals surface area contributed by atoms with Crippen LogP contribution in [0.5, 0.6) is 0 Å². The number of non-ortho nitro benzene ring substituents is 1. The molecule has 0 radical (unpaired) electrons. The predicted molar refractivity (Wildman–Crippen MR) is 120 cm³/mol. The molecule has 166 valence electrons. The molecule has 0 bridgehead atoms. The second-order valence-electron chi connectivity index (χ2n) is 8.40. The van der Waals surface area contributed by atoms with Gasteiger partial charge in [0, 0.05) is 31.8 Å². The summed E-state index contributed by atoms with van der Waals surface area (Å²) in [6.45, 7) is 4.89. The first-order valence-electron chi connectivity index (χ1n) is 10.6. The minimum Gasteiger partial charge on any atom is -0.396 e. The second-order valence-corrected chi connectivity index (χ2v) is 8.40. The number of carbonyl (C=O) groups excluding carboxylic acids is 2. The van der Waals surface area contributed by atoms with Crippen molar-refractivity contribution in [1.29, 1.82) is 0 Å². The molecular weight excluding hydrogens is 410 g/mol. The number of carbonyl (C=O) groups is 2. The SMILES string of the molecule is Cc1ccc(N2C(=O)C(c3ccc([N+](=O)[O-])cc3)=C(N3CCCC(CO)C3)C2=O)c(C)c1. The molecule has 2 aliphatic heterocycles. The molecule has 1 fully saturated rings. The van der Waals surface area contributed by atoms with Crippen LogP contribution in [-0.2, 0) is 9.59 Å². The van der Waals surface area contributed by atoms with Crippen LogP contribution in [0.2, 0.25) is 0 Å². The molecular formula is C24H25N3O5. The molecule has 8 heteroatoms. The lowest BCUT2D eigenvalue weighted by atomic mass is 9.97. The minimum absolute atomic E-state index is 0.0135. The first-order chi connectivity index (χ1) is 15.3. The summed E-state index contributed by atoms with van der Waals surface area (Å²) in [5.74, 6) is -0.835. The van der Waals surface area contributed by atoms with Crippen LogP contribution in [-0.4, -0.2) is 46.4 Å². The maximum atomic E-state index is 13.6. The van der Waals surface area contributed by atoms with Gasteiger partial charge in [0.25, 0.3) is 17.5 Å². The monoisotopic (exact) mass is 435 g/mol. The zero-order valence-electron chi connectivity index (χ0n) is 18.1. The lowest BCUT2D eigenvalue weighted by molar-refractivity contribution is -0.384. The summed E-state index contributed by atoms with van der Waals surface area (Å²) < 4.78 is 0. The highest BCUT2D eigenvalue weighted by Crippen LogP contribution is 2.38. The molecule has 2 aromatic rings. The van der Waals surface area contributed by atoms with Gasteiger partial charge < -0.3 is 10.0 Å². The number of piperidine rings is 1. The maximum absolute atomic E-state index is 13.6. The zero-order chi connectivity index (χ0) is 23.0. The van der Waals surface area contributed by atoms with Gasteiger partial charge in [-0.1, -0.05) is 17.7 Å². The van der Waals surface area contributed by atoms with Crippen molar-refractivity contribution in [3.05, 3.63) is 75.0 Å². The van der Waals surface area contributed by atoms with Crippen molar-refractivity contribution in [3.8, 4) is 0 Å². The van der Waals surface area contributed by atoms with Crippen LogP contribution in [0.4, 0.5) is 11.4 Å². The Labute approximate surface area is 185 Å². The number of aliphatic hydroxyl groups is 1. The van der Waals surface area contributed by atoms with Crippen LogP contribution >= 0.6 is 0 Å². The highest BCUT2D eigenvalue weighted by Gasteiger charge is 2.43. The number of hydrogen-bond donors (Lipinski definition) is 1. The molecule has 8 nitrogen and oxygen atoms in total. The van der Waals surface area contributed by atoms with Gasteiger partial charge >= 0.3 is 0 Å². The Morgan fingerprint density at radius 2 is 1.81 bits per heavy atom. The first kappa shape index (κ1) is 21.7. The fourth-order valence-corrected chi connectivity index (χ4v) is 4.51. The molecule has 0 saturated carbocycles. The minimum atomic E-state index is -0.501. The maximum Gasteiger partial charge on any atom is 0.282 e. The average Bonchev–Trinajstić information content (AvgIpc) is 3.04. The summed E-state index contributed by atoms with van der Waals surface area (Å²) in [5, 5.41) is 20.7. The molecule has 2 aliphatic rings. The highest BCUT2D eigenvalue weighted by atomic mass is 16.6. The quantitative estimate of drug-likeness (QED) is 0.439. The summed E-state index contributed by atoms with van der Waals surface area (Å²) in [4.78, 5) is 40.9. The van der Waals surface area contributed by atoms with Gasteiger partial charge in [-0.25, -0.2) is 4.90 Å². The van der Waals surface area contributed by atoms with Gasteiger partial charge in [-0.05, 0) is 61.9 Å². The van der Waals surface area contributed by atoms with Crippen LogP contribution in [0.1, 0.15) is 29.5 Å². The van der Waals surface area contributed by atoms with Crippen LogP contribution < -0.4 is 4.90 Å². The van der Waals surface area contributed by atoms with E-state index >= 15 is 0 Å². The molecule has 4 rings (SSSR count). The number of nitro groups is 1. The largest absolute Gasteiger partial charge is 0.396 e. The van der Waals surface area contributed by atoms with Crippen LogP contribution in [0.25, 0.3) is 5.57 Å². The fraction of sp³-hybridized carbons (Fsp3) is 0.333. The number of hydrogen-bond acceptors (Lipinski definition) is 6. The Morgan fingerprint density at radius 3 is 2.44 bits per heavy atom. The number of aliphatic hydroxyl groups excluding tert-OH is 1. The van der Waals surface area contributed by atoms with E-state index in [1.807, 2.05) is 30.9 Å². The normalized spacial score (nSPS) is 19.2. The van der Waals surface area contributed by atoms with Gasteiger partial charge in [0.15, 0.2) is 0 Å². The molecule has 0 aromatic heterocycles. The number of nitrogens with zero attached hydrogens (tertiary/aromatic N) is 3. The summed E-state index contributed by atoms with van der Waals surface area (Å²) in [6, 6.07) is 11.2. The third-order valence-corrected chi connectivity index (χ3v) is 6.11. The first-order valence-corrected chi connectivity index (χ1v) is 10.6. The Balaban J connectivity index is 1.83. The van der Waals surface area contributed by atoms with E-state index in [0.29, 0.717) is 30.0 Å². The van der Waals surface area contributed by atoms with Gasteiger partial charge in [-0.15, -0.1) is 0 Å². The molecule has 1 saturated heterocycles. The van der Waals surface area contributed by atoms with Crippen molar-refractivity contribution in [1.82, 2.24) is 4.90 Å². The molecule has 2 aromatic carbocycles. The standard InChI is InChI=1S/C24H25N3O5/c1-15-5-10-20(16(2)12-15)26-23(29)21(18-6-8-19(9-7-18)27(31)32)22(24(26)30)25-11-3-4-17(13-25)14-28/h5-10,12,17,28H,3-4,11,13-14H2,1-2H3. The van der Waals surface area contributed by atoms with Crippen molar-refractivity contribution in [2.24, 2.45) is 5.92 Å². The number of likely N-dealkylation sites (tertiary alicyclic amines) is 1. The Bertz CT molecular complexity index is 1120. The number of nitro benzene ring substituents is 1. The van der Waals surface area contributed by atoms with Crippen LogP contribution in [0, 0.1) is 29.9 Å². The molecule has 1 atom stereocenters. The van der Waals surface area contributed by atoms with E-state index in [4.69, 9.17) is 0 Å². The third-order valence-electron chi connectivity index (χ3n) is 6.11. The summed E-state index contributed by atoms with van der Waals surface area (Å²) in [5.41, 5.74) is 3.26. The number of rotatable bonds is 5. The molecule has 0 spiro atoms. The van der Waals surface area contributed by atoms with E-state index in [1.165, 1.54) is 29.2 Å². The number of amides is 2. The van der Waals surface area contributed by atoms with E-state index in [1.54, 1.807) is 6.07 Å². The van der Waals surface area contributed by atoms with Crippen molar-refractivity contribution in [3.63, 3.8) is 0 Å². The van der Waals surface area contributed by atoms with Crippen LogP contribution in [0.3, 0.4) is 0 Å². The van der Waals surface area contributed by atoms with Crippen molar-refractivity contribution in [2.45, 2.75) is 26.7 Å². The van der Waals surface area contributed by atoms with E-state index in [0.717, 1.165) is 24.0 Å². The average molecular weight is 435 g/mol. The number of benzene rings is 2. The van der Waals surface area contributed by atoms with Crippen molar-refractivity contribution >= 4 is 28.8 Å². The fourth-order valence-electron chi connectivity index (χ4n) is 4.51. The van der Waals surface area contributed by atoms with E-state index in [-0.39, 0.29) is 23.8 Å². The van der Waals surface area contributed by atoms with Gasteiger partial charge in [0.05, 0.1) is 16.2 Å². The summed E-state index contributed by atoms with van der Waals surface area (Å²) in [7, 11) is 0. The molecule has 1 N–H and O–H groups in total. The predicted octanol–water partition coefficient (Wildman–Crippen LogP) is 3.20. The van der Waals surface area contributed by atoms with E-state index < -0.39 is 16.7 Å². The van der Waals surface area contributed by atoms with Gasteiger partial charge in [-0.2, -0.15) is 0 Å². The van der Waals surface area contributed by atoms with Gasteiger partial charge in [-0.3, -0.25) is 19.7 Å². The zero-order valence-corrected chi connectivity index (χ0v) is 18.1. The molecule has 0 aliphatic carbocycles. The number of aryl methyl sites for hydroxylation is 2. The van der Waals surface area contributed by atoms with Crippen molar-refractivity contribution < 1.29 is 19.6 Å². The smallest absolute Gasteiger partial charge is 0.282 e. The Kier molecular flexibility index (Phi) is 5.80. The Morgan fingerprint density at radius 1 is 1.09 bits per heavy atom. The van der Waals surface area contributed by atoms with Crippen molar-refractivity contribution in [2.75, 3.05) is 24.6 Å². The summed E-state index contributed by atoms with van der Waals surface area (Å²) >= 11 is 0. The van der Waals surface area contributed by atoms with Gasteiger partial charge in [0.2, 0.25) is 0 Å². The molecule has 2 heterocycles. The van der Waals surface area contributed by atoms with Gasteiger partial charge in [0.1, 0.15) is 5.70 Å². The summed E-state index contributed by atoms with van der Waals surface area (Å²) in [6.07, 6.45) is 1.66. The Hall–Kier alpha value is -3.52. The lowest BCUT2D eigenvalue weighted by Crippen LogP contribution is -2.40. The molecule has 32 heavy (non-hydrogen) atoms. The molecule has 1 unspecified atom stereocenters. The highest BCUT2D eigenvalue weighted by molar-refractivity contribution is 6.45. The number of imide groups is 1. The topological polar surface area (TPSA) is 104 Å².